The summed E-state index contributed by atoms with van der Waals surface area (Å²) in [5.41, 5.74) is 2.34. The summed E-state index contributed by atoms with van der Waals surface area (Å²) in [6.45, 7) is 5.50. The van der Waals surface area contributed by atoms with E-state index in [1.807, 2.05) is 12.1 Å². The highest BCUT2D eigenvalue weighted by Gasteiger charge is 2.17. The van der Waals surface area contributed by atoms with Crippen molar-refractivity contribution in [2.24, 2.45) is 0 Å². The van der Waals surface area contributed by atoms with E-state index in [-0.39, 0.29) is 16.2 Å². The molecular formula is C21H24O5S. The van der Waals surface area contributed by atoms with Crippen molar-refractivity contribution >= 4 is 21.6 Å². The lowest BCUT2D eigenvalue weighted by Crippen LogP contribution is -2.15. The molecule has 0 aliphatic carbocycles. The van der Waals surface area contributed by atoms with Gasteiger partial charge in [0.1, 0.15) is 0 Å². The quantitative estimate of drug-likeness (QED) is 0.530. The van der Waals surface area contributed by atoms with Crippen molar-refractivity contribution in [3.8, 4) is 0 Å². The fraction of sp³-hybridized carbons (Fsp3) is 0.333. The van der Waals surface area contributed by atoms with E-state index in [9.17, 15) is 18.0 Å². The average molecular weight is 388 g/mol. The van der Waals surface area contributed by atoms with Gasteiger partial charge in [-0.25, -0.2) is 13.2 Å². The van der Waals surface area contributed by atoms with Gasteiger partial charge >= 0.3 is 5.97 Å². The minimum Gasteiger partial charge on any atom is -0.454 e. The molecule has 0 aromatic heterocycles. The SMILES string of the molecule is CC[C@@H](C)c1ccc(C(=O)COC(=O)c2cc(S(C)(=O)=O)ccc2C)cc1. The second-order valence-corrected chi connectivity index (χ2v) is 8.70. The Morgan fingerprint density at radius 2 is 1.70 bits per heavy atom. The second kappa shape index (κ2) is 8.48. The molecule has 0 unspecified atom stereocenters. The zero-order valence-electron chi connectivity index (χ0n) is 16.0. The van der Waals surface area contributed by atoms with E-state index in [0.29, 0.717) is 17.0 Å². The van der Waals surface area contributed by atoms with Gasteiger partial charge in [0.2, 0.25) is 0 Å². The van der Waals surface area contributed by atoms with Gasteiger partial charge in [-0.2, -0.15) is 0 Å². The van der Waals surface area contributed by atoms with Crippen LogP contribution in [0.15, 0.2) is 47.4 Å². The first-order chi connectivity index (χ1) is 12.6. The molecule has 5 nitrogen and oxygen atoms in total. The summed E-state index contributed by atoms with van der Waals surface area (Å²) in [6, 6.07) is 11.5. The Morgan fingerprint density at radius 3 is 2.26 bits per heavy atom. The van der Waals surface area contributed by atoms with Crippen LogP contribution in [0.2, 0.25) is 0 Å². The maximum absolute atomic E-state index is 12.3. The Morgan fingerprint density at radius 1 is 1.07 bits per heavy atom. The smallest absolute Gasteiger partial charge is 0.338 e. The fourth-order valence-corrected chi connectivity index (χ4v) is 3.22. The van der Waals surface area contributed by atoms with Gasteiger partial charge in [0.25, 0.3) is 0 Å². The van der Waals surface area contributed by atoms with Gasteiger partial charge in [0.15, 0.2) is 22.2 Å². The molecular weight excluding hydrogens is 364 g/mol. The highest BCUT2D eigenvalue weighted by molar-refractivity contribution is 7.90. The van der Waals surface area contributed by atoms with Crippen LogP contribution in [0, 0.1) is 6.92 Å². The summed E-state index contributed by atoms with van der Waals surface area (Å²) in [5.74, 6) is -0.615. The van der Waals surface area contributed by atoms with Gasteiger partial charge in [-0.05, 0) is 42.5 Å². The van der Waals surface area contributed by atoms with Crippen LogP contribution in [0.5, 0.6) is 0 Å². The summed E-state index contributed by atoms with van der Waals surface area (Å²) in [5, 5.41) is 0. The molecule has 2 rings (SSSR count). The van der Waals surface area contributed by atoms with E-state index in [1.165, 1.54) is 12.1 Å². The number of carbonyl (C=O) groups is 2. The number of hydrogen-bond acceptors (Lipinski definition) is 5. The van der Waals surface area contributed by atoms with Crippen molar-refractivity contribution in [2.75, 3.05) is 12.9 Å². The van der Waals surface area contributed by atoms with E-state index in [2.05, 4.69) is 13.8 Å². The fourth-order valence-electron chi connectivity index (χ4n) is 2.58. The highest BCUT2D eigenvalue weighted by atomic mass is 32.2. The minimum absolute atomic E-state index is 0.0343. The molecule has 1 atom stereocenters. The van der Waals surface area contributed by atoms with Crippen molar-refractivity contribution in [1.29, 1.82) is 0 Å². The molecule has 27 heavy (non-hydrogen) atoms. The molecule has 0 saturated heterocycles. The lowest BCUT2D eigenvalue weighted by atomic mass is 9.97. The van der Waals surface area contributed by atoms with Gasteiger partial charge in [0, 0.05) is 11.8 Å². The zero-order valence-corrected chi connectivity index (χ0v) is 16.8. The van der Waals surface area contributed by atoms with Crippen molar-refractivity contribution in [2.45, 2.75) is 38.0 Å². The standard InChI is InChI=1S/C21H24O5S/c1-5-14(2)16-7-9-17(10-8-16)20(22)13-26-21(23)19-12-18(27(4,24)25)11-6-15(19)3/h6-12,14H,5,13H2,1-4H3/t14-/m1/s1. The van der Waals surface area contributed by atoms with Gasteiger partial charge < -0.3 is 4.74 Å². The number of sulfone groups is 1. The van der Waals surface area contributed by atoms with Crippen molar-refractivity contribution < 1.29 is 22.7 Å². The Balaban J connectivity index is 2.08. The molecule has 0 spiro atoms. The molecule has 0 bridgehead atoms. The molecule has 0 aliphatic heterocycles. The van der Waals surface area contributed by atoms with Crippen LogP contribution < -0.4 is 0 Å². The first-order valence-electron chi connectivity index (χ1n) is 8.74. The predicted molar refractivity (Wildman–Crippen MR) is 104 cm³/mol. The van der Waals surface area contributed by atoms with Crippen molar-refractivity contribution in [1.82, 2.24) is 0 Å². The van der Waals surface area contributed by atoms with E-state index >= 15 is 0 Å². The summed E-state index contributed by atoms with van der Waals surface area (Å²) in [7, 11) is -3.44. The van der Waals surface area contributed by atoms with Crippen LogP contribution in [0.3, 0.4) is 0 Å². The number of rotatable bonds is 7. The molecule has 2 aromatic rings. The lowest BCUT2D eigenvalue weighted by molar-refractivity contribution is 0.0473. The molecule has 0 fully saturated rings. The number of ether oxygens (including phenoxy) is 1. The first-order valence-corrected chi connectivity index (χ1v) is 10.6. The van der Waals surface area contributed by atoms with Gasteiger partial charge in [-0.3, -0.25) is 4.79 Å². The van der Waals surface area contributed by atoms with E-state index in [4.69, 9.17) is 4.74 Å². The number of aryl methyl sites for hydroxylation is 1. The number of hydrogen-bond donors (Lipinski definition) is 0. The molecule has 2 aromatic carbocycles. The summed E-state index contributed by atoms with van der Waals surface area (Å²) in [6.07, 6.45) is 2.08. The second-order valence-electron chi connectivity index (χ2n) is 6.68. The van der Waals surface area contributed by atoms with Crippen LogP contribution in [-0.4, -0.2) is 33.0 Å². The Labute approximate surface area is 160 Å². The monoisotopic (exact) mass is 388 g/mol. The molecule has 0 N–H and O–H groups in total. The minimum atomic E-state index is -3.44. The third-order valence-corrected chi connectivity index (χ3v) is 5.72. The Kier molecular flexibility index (Phi) is 6.54. The summed E-state index contributed by atoms with van der Waals surface area (Å²) in [4.78, 5) is 24.6. The predicted octanol–water partition coefficient (Wildman–Crippen LogP) is 3.95. The number of benzene rings is 2. The maximum atomic E-state index is 12.3. The average Bonchev–Trinajstić information content (AvgIpc) is 2.64. The topological polar surface area (TPSA) is 77.5 Å². The maximum Gasteiger partial charge on any atom is 0.338 e. The number of ketones is 1. The molecule has 0 amide bonds. The molecule has 0 aliphatic rings. The normalized spacial score (nSPS) is 12.4. The van der Waals surface area contributed by atoms with Crippen LogP contribution >= 0.6 is 0 Å². The van der Waals surface area contributed by atoms with Gasteiger partial charge in [-0.1, -0.05) is 44.2 Å². The molecule has 6 heteroatoms. The van der Waals surface area contributed by atoms with Crippen molar-refractivity contribution in [3.63, 3.8) is 0 Å². The summed E-state index contributed by atoms with van der Waals surface area (Å²) >= 11 is 0. The van der Waals surface area contributed by atoms with Gasteiger partial charge in [-0.15, -0.1) is 0 Å². The van der Waals surface area contributed by atoms with Crippen LogP contribution in [0.25, 0.3) is 0 Å². The zero-order chi connectivity index (χ0) is 20.2. The van der Waals surface area contributed by atoms with Crippen LogP contribution in [-0.2, 0) is 14.6 Å². The van der Waals surface area contributed by atoms with Gasteiger partial charge in [0.05, 0.1) is 10.5 Å². The molecule has 0 saturated carbocycles. The molecule has 0 heterocycles. The third-order valence-electron chi connectivity index (χ3n) is 4.61. The van der Waals surface area contributed by atoms with E-state index in [0.717, 1.165) is 18.2 Å². The largest absolute Gasteiger partial charge is 0.454 e. The summed E-state index contributed by atoms with van der Waals surface area (Å²) < 4.78 is 28.4. The highest BCUT2D eigenvalue weighted by Crippen LogP contribution is 2.19. The third kappa shape index (κ3) is 5.26. The molecule has 0 radical (unpaired) electrons. The number of esters is 1. The van der Waals surface area contributed by atoms with Crippen LogP contribution in [0.1, 0.15) is 58.0 Å². The number of carbonyl (C=O) groups excluding carboxylic acids is 2. The Bertz CT molecular complexity index is 943. The van der Waals surface area contributed by atoms with E-state index < -0.39 is 22.4 Å². The van der Waals surface area contributed by atoms with Crippen LogP contribution in [0.4, 0.5) is 0 Å². The van der Waals surface area contributed by atoms with Crippen molar-refractivity contribution in [3.05, 3.63) is 64.7 Å². The van der Waals surface area contributed by atoms with E-state index in [1.54, 1.807) is 25.1 Å². The Hall–Kier alpha value is -2.47. The lowest BCUT2D eigenvalue weighted by Gasteiger charge is -2.10. The molecule has 144 valence electrons. The number of Topliss-reactive ketones (excluding diaryl/α,β-unsaturated/α-hetero) is 1. The first kappa shape index (κ1) is 20.8.